The highest BCUT2D eigenvalue weighted by Gasteiger charge is 2.20. The van der Waals surface area contributed by atoms with E-state index in [1.54, 1.807) is 28.3 Å². The number of para-hydroxylation sites is 1. The fraction of sp³-hybridized carbons (Fsp3) is 0.100. The highest BCUT2D eigenvalue weighted by Crippen LogP contribution is 2.28. The molecule has 0 bridgehead atoms. The van der Waals surface area contributed by atoms with Gasteiger partial charge in [-0.1, -0.05) is 24.3 Å². The summed E-state index contributed by atoms with van der Waals surface area (Å²) in [6, 6.07) is 15.5. The van der Waals surface area contributed by atoms with E-state index in [1.807, 2.05) is 47.8 Å². The second kappa shape index (κ2) is 7.76. The van der Waals surface area contributed by atoms with Crippen molar-refractivity contribution in [1.82, 2.24) is 14.8 Å². The molecule has 6 nitrogen and oxygen atoms in total. The summed E-state index contributed by atoms with van der Waals surface area (Å²) in [5.74, 6) is -0.526. The number of nitriles is 1. The molecule has 4 aromatic rings. The van der Waals surface area contributed by atoms with Gasteiger partial charge in [-0.15, -0.1) is 22.7 Å². The molecule has 28 heavy (non-hydrogen) atoms. The first-order chi connectivity index (χ1) is 13.7. The van der Waals surface area contributed by atoms with Crippen LogP contribution < -0.4 is 0 Å². The number of hydrogen-bond donors (Lipinski definition) is 0. The van der Waals surface area contributed by atoms with E-state index < -0.39 is 5.97 Å². The van der Waals surface area contributed by atoms with Gasteiger partial charge in [-0.05, 0) is 30.5 Å². The van der Waals surface area contributed by atoms with E-state index in [2.05, 4.69) is 16.2 Å². The Labute approximate surface area is 169 Å². The van der Waals surface area contributed by atoms with Crippen molar-refractivity contribution in [1.29, 1.82) is 5.26 Å². The van der Waals surface area contributed by atoms with Crippen molar-refractivity contribution in [2.45, 2.75) is 13.5 Å². The van der Waals surface area contributed by atoms with Gasteiger partial charge in [-0.3, -0.25) is 0 Å². The van der Waals surface area contributed by atoms with E-state index in [9.17, 15) is 10.1 Å². The summed E-state index contributed by atoms with van der Waals surface area (Å²) < 4.78 is 7.10. The van der Waals surface area contributed by atoms with Crippen LogP contribution in [-0.2, 0) is 11.3 Å². The molecule has 0 radical (unpaired) electrons. The normalized spacial score (nSPS) is 10.6. The maximum absolute atomic E-state index is 12.5. The summed E-state index contributed by atoms with van der Waals surface area (Å²) in [5.41, 5.74) is 2.59. The lowest BCUT2D eigenvalue weighted by Gasteiger charge is -2.08. The van der Waals surface area contributed by atoms with E-state index in [0.29, 0.717) is 17.0 Å². The highest BCUT2D eigenvalue weighted by atomic mass is 32.1. The van der Waals surface area contributed by atoms with Crippen molar-refractivity contribution in [2.24, 2.45) is 0 Å². The molecule has 0 atom stereocenters. The molecule has 1 aromatic carbocycles. The monoisotopic (exact) mass is 406 g/mol. The topological polar surface area (TPSA) is 80.8 Å². The van der Waals surface area contributed by atoms with Gasteiger partial charge in [-0.2, -0.15) is 10.4 Å². The second-order valence-corrected chi connectivity index (χ2v) is 7.66. The SMILES string of the molecule is Cc1nn(-c2ccccc2)c(COC(=O)c2csc(-c3cccs3)n2)c1C#N. The first kappa shape index (κ1) is 18.1. The van der Waals surface area contributed by atoms with Crippen LogP contribution in [0.25, 0.3) is 15.6 Å². The number of carbonyl (C=O) groups excluding carboxylic acids is 1. The standard InChI is InChI=1S/C20H14N4O2S2/c1-13-15(10-21)17(24(23-13)14-6-3-2-4-7-14)11-26-20(25)16-12-28-19(22-16)18-8-5-9-27-18/h2-9,12H,11H2,1H3. The maximum Gasteiger partial charge on any atom is 0.358 e. The molecule has 0 aliphatic rings. The molecular formula is C20H14N4O2S2. The summed E-state index contributed by atoms with van der Waals surface area (Å²) in [6.45, 7) is 1.69. The van der Waals surface area contributed by atoms with Gasteiger partial charge in [0.05, 0.1) is 22.0 Å². The molecule has 4 rings (SSSR count). The van der Waals surface area contributed by atoms with E-state index in [1.165, 1.54) is 11.3 Å². The van der Waals surface area contributed by atoms with Crippen LogP contribution in [0.15, 0.2) is 53.2 Å². The van der Waals surface area contributed by atoms with Gasteiger partial charge in [0.1, 0.15) is 23.2 Å². The van der Waals surface area contributed by atoms with Crippen LogP contribution in [0.2, 0.25) is 0 Å². The number of aryl methyl sites for hydroxylation is 1. The fourth-order valence-electron chi connectivity index (χ4n) is 2.73. The predicted molar refractivity (Wildman–Crippen MR) is 108 cm³/mol. The van der Waals surface area contributed by atoms with E-state index >= 15 is 0 Å². The fourth-order valence-corrected chi connectivity index (χ4v) is 4.33. The molecule has 138 valence electrons. The van der Waals surface area contributed by atoms with Gasteiger partial charge in [0, 0.05) is 5.38 Å². The Balaban J connectivity index is 1.57. The molecule has 0 saturated carbocycles. The lowest BCUT2D eigenvalue weighted by Crippen LogP contribution is -2.10. The van der Waals surface area contributed by atoms with Crippen LogP contribution in [0.5, 0.6) is 0 Å². The van der Waals surface area contributed by atoms with Crippen molar-refractivity contribution < 1.29 is 9.53 Å². The van der Waals surface area contributed by atoms with Crippen molar-refractivity contribution in [2.75, 3.05) is 0 Å². The Morgan fingerprint density at radius 1 is 1.21 bits per heavy atom. The predicted octanol–water partition coefficient (Wildman–Crippen LogP) is 4.59. The quantitative estimate of drug-likeness (QED) is 0.453. The van der Waals surface area contributed by atoms with Gasteiger partial charge in [0.25, 0.3) is 0 Å². The number of rotatable bonds is 5. The smallest absolute Gasteiger partial charge is 0.358 e. The third kappa shape index (κ3) is 3.45. The maximum atomic E-state index is 12.5. The summed E-state index contributed by atoms with van der Waals surface area (Å²) in [4.78, 5) is 17.8. The van der Waals surface area contributed by atoms with Crippen LogP contribution >= 0.6 is 22.7 Å². The van der Waals surface area contributed by atoms with Crippen molar-refractivity contribution in [3.8, 4) is 21.6 Å². The molecule has 0 aliphatic heterocycles. The number of carbonyl (C=O) groups is 1. The summed E-state index contributed by atoms with van der Waals surface area (Å²) >= 11 is 2.96. The Morgan fingerprint density at radius 3 is 2.75 bits per heavy atom. The Bertz CT molecular complexity index is 1160. The molecule has 0 N–H and O–H groups in total. The number of esters is 1. The molecule has 0 spiro atoms. The minimum Gasteiger partial charge on any atom is -0.454 e. The van der Waals surface area contributed by atoms with Gasteiger partial charge < -0.3 is 4.74 Å². The van der Waals surface area contributed by atoms with Crippen LogP contribution in [0.3, 0.4) is 0 Å². The number of aromatic nitrogens is 3. The number of thiophene rings is 1. The zero-order valence-electron chi connectivity index (χ0n) is 14.8. The molecule has 0 aliphatic carbocycles. The summed E-state index contributed by atoms with van der Waals surface area (Å²) in [5, 5.41) is 18.4. The number of hydrogen-bond acceptors (Lipinski definition) is 7. The van der Waals surface area contributed by atoms with Crippen molar-refractivity contribution >= 4 is 28.6 Å². The molecule has 0 unspecified atom stereocenters. The van der Waals surface area contributed by atoms with Crippen LogP contribution in [0, 0.1) is 18.3 Å². The van der Waals surface area contributed by atoms with Crippen LogP contribution in [0.4, 0.5) is 0 Å². The van der Waals surface area contributed by atoms with Crippen LogP contribution in [-0.4, -0.2) is 20.7 Å². The van der Waals surface area contributed by atoms with E-state index in [-0.39, 0.29) is 12.3 Å². The highest BCUT2D eigenvalue weighted by molar-refractivity contribution is 7.20. The first-order valence-corrected chi connectivity index (χ1v) is 10.1. The number of ether oxygens (including phenoxy) is 1. The lowest BCUT2D eigenvalue weighted by atomic mass is 10.2. The third-order valence-electron chi connectivity index (χ3n) is 4.05. The lowest BCUT2D eigenvalue weighted by molar-refractivity contribution is 0.0459. The van der Waals surface area contributed by atoms with Crippen molar-refractivity contribution in [3.63, 3.8) is 0 Å². The van der Waals surface area contributed by atoms with Gasteiger partial charge in [0.15, 0.2) is 5.69 Å². The minimum atomic E-state index is -0.526. The first-order valence-electron chi connectivity index (χ1n) is 8.38. The molecule has 0 amide bonds. The average molecular weight is 406 g/mol. The summed E-state index contributed by atoms with van der Waals surface area (Å²) in [7, 11) is 0. The Morgan fingerprint density at radius 2 is 2.04 bits per heavy atom. The average Bonchev–Trinajstić information content (AvgIpc) is 3.46. The number of nitrogens with zero attached hydrogens (tertiary/aromatic N) is 4. The molecule has 8 heteroatoms. The molecule has 0 fully saturated rings. The van der Waals surface area contributed by atoms with Gasteiger partial charge >= 0.3 is 5.97 Å². The third-order valence-corrected chi connectivity index (χ3v) is 5.94. The molecule has 0 saturated heterocycles. The molecule has 3 heterocycles. The van der Waals surface area contributed by atoms with E-state index in [4.69, 9.17) is 4.74 Å². The molecule has 3 aromatic heterocycles. The van der Waals surface area contributed by atoms with E-state index in [0.717, 1.165) is 15.6 Å². The van der Waals surface area contributed by atoms with Crippen LogP contribution in [0.1, 0.15) is 27.4 Å². The van der Waals surface area contributed by atoms with Crippen molar-refractivity contribution in [3.05, 3.63) is 75.9 Å². The Kier molecular flexibility index (Phi) is 5.02. The number of benzene rings is 1. The second-order valence-electron chi connectivity index (χ2n) is 5.86. The minimum absolute atomic E-state index is 0.0661. The zero-order valence-corrected chi connectivity index (χ0v) is 16.5. The summed E-state index contributed by atoms with van der Waals surface area (Å²) in [6.07, 6.45) is 0. The van der Waals surface area contributed by atoms with Gasteiger partial charge in [-0.25, -0.2) is 14.5 Å². The van der Waals surface area contributed by atoms with Gasteiger partial charge in [0.2, 0.25) is 0 Å². The largest absolute Gasteiger partial charge is 0.454 e. The Hall–Kier alpha value is -3.28. The molecular weight excluding hydrogens is 392 g/mol. The number of thiazole rings is 1. The zero-order chi connectivity index (χ0) is 19.5.